The number of carbonyl (C=O) groups is 1. The normalized spacial score (nSPS) is 12.4. The van der Waals surface area contributed by atoms with E-state index in [0.717, 1.165) is 10.6 Å². The maximum atomic E-state index is 12.7. The molecule has 0 spiro atoms. The van der Waals surface area contributed by atoms with Gasteiger partial charge in [0.1, 0.15) is 5.69 Å². The van der Waals surface area contributed by atoms with Gasteiger partial charge in [0.2, 0.25) is 0 Å². The van der Waals surface area contributed by atoms with Crippen molar-refractivity contribution in [3.8, 4) is 0 Å². The number of benzene rings is 1. The highest BCUT2D eigenvalue weighted by molar-refractivity contribution is 7.09. The SMILES string of the molecule is CC(C)c1nc(C(=O)N(C)C(CCO)c2ccccc2)cs1. The molecule has 1 atom stereocenters. The lowest BCUT2D eigenvalue weighted by atomic mass is 10.0. The molecule has 1 amide bonds. The summed E-state index contributed by atoms with van der Waals surface area (Å²) in [5.74, 6) is 0.213. The van der Waals surface area contributed by atoms with Gasteiger partial charge in [0.05, 0.1) is 11.0 Å². The third-order valence-corrected chi connectivity index (χ3v) is 4.75. The Kier molecular flexibility index (Phi) is 5.69. The molecule has 22 heavy (non-hydrogen) atoms. The Hall–Kier alpha value is -1.72. The Balaban J connectivity index is 2.22. The molecule has 0 radical (unpaired) electrons. The van der Waals surface area contributed by atoms with E-state index < -0.39 is 0 Å². The van der Waals surface area contributed by atoms with Crippen molar-refractivity contribution in [2.45, 2.75) is 32.2 Å². The largest absolute Gasteiger partial charge is 0.396 e. The van der Waals surface area contributed by atoms with Gasteiger partial charge < -0.3 is 10.0 Å². The van der Waals surface area contributed by atoms with Crippen molar-refractivity contribution in [2.75, 3.05) is 13.7 Å². The number of aromatic nitrogens is 1. The van der Waals surface area contributed by atoms with Crippen LogP contribution in [0.25, 0.3) is 0 Å². The summed E-state index contributed by atoms with van der Waals surface area (Å²) in [5.41, 5.74) is 1.50. The van der Waals surface area contributed by atoms with Crippen LogP contribution in [-0.4, -0.2) is 34.6 Å². The third kappa shape index (κ3) is 3.72. The number of aliphatic hydroxyl groups excluding tert-OH is 1. The van der Waals surface area contributed by atoms with Gasteiger partial charge in [-0.05, 0) is 12.0 Å². The molecule has 1 heterocycles. The number of nitrogens with zero attached hydrogens (tertiary/aromatic N) is 2. The Morgan fingerprint density at radius 2 is 2.00 bits per heavy atom. The molecule has 1 N–H and O–H groups in total. The maximum Gasteiger partial charge on any atom is 0.273 e. The first-order valence-electron chi connectivity index (χ1n) is 7.43. The van der Waals surface area contributed by atoms with Crippen LogP contribution in [-0.2, 0) is 0 Å². The van der Waals surface area contributed by atoms with Gasteiger partial charge in [-0.15, -0.1) is 11.3 Å². The summed E-state index contributed by atoms with van der Waals surface area (Å²) >= 11 is 1.52. The van der Waals surface area contributed by atoms with Crippen LogP contribution >= 0.6 is 11.3 Å². The molecule has 0 aliphatic heterocycles. The summed E-state index contributed by atoms with van der Waals surface area (Å²) in [6, 6.07) is 9.63. The summed E-state index contributed by atoms with van der Waals surface area (Å²) in [6.45, 7) is 4.16. The van der Waals surface area contributed by atoms with Gasteiger partial charge in [-0.1, -0.05) is 44.2 Å². The summed E-state index contributed by atoms with van der Waals surface area (Å²) in [7, 11) is 1.77. The average molecular weight is 318 g/mol. The summed E-state index contributed by atoms with van der Waals surface area (Å²) < 4.78 is 0. The van der Waals surface area contributed by atoms with E-state index in [1.165, 1.54) is 11.3 Å². The molecule has 0 fully saturated rings. The zero-order valence-electron chi connectivity index (χ0n) is 13.2. The summed E-state index contributed by atoms with van der Waals surface area (Å²) in [6.07, 6.45) is 0.507. The van der Waals surface area contributed by atoms with Crippen molar-refractivity contribution in [1.82, 2.24) is 9.88 Å². The molecule has 118 valence electrons. The Labute approximate surface area is 135 Å². The van der Waals surface area contributed by atoms with Crippen molar-refractivity contribution in [3.05, 3.63) is 52.0 Å². The van der Waals surface area contributed by atoms with E-state index in [1.54, 1.807) is 11.9 Å². The minimum absolute atomic E-state index is 0.0332. The van der Waals surface area contributed by atoms with Crippen molar-refractivity contribution >= 4 is 17.2 Å². The smallest absolute Gasteiger partial charge is 0.273 e. The van der Waals surface area contributed by atoms with E-state index in [2.05, 4.69) is 18.8 Å². The second-order valence-electron chi connectivity index (χ2n) is 5.58. The molecule has 0 aliphatic carbocycles. The molecule has 1 aromatic heterocycles. The van der Waals surface area contributed by atoms with Crippen molar-refractivity contribution in [3.63, 3.8) is 0 Å². The van der Waals surface area contributed by atoms with Gasteiger partial charge in [0.25, 0.3) is 5.91 Å². The first-order chi connectivity index (χ1) is 10.5. The van der Waals surface area contributed by atoms with Crippen LogP contribution in [0.5, 0.6) is 0 Å². The third-order valence-electron chi connectivity index (χ3n) is 3.61. The maximum absolute atomic E-state index is 12.7. The molecule has 2 aromatic rings. The molecule has 5 heteroatoms. The van der Waals surface area contributed by atoms with Crippen LogP contribution in [0, 0.1) is 0 Å². The molecule has 1 aromatic carbocycles. The number of aliphatic hydroxyl groups is 1. The molecule has 0 aliphatic rings. The van der Waals surface area contributed by atoms with Crippen LogP contribution in [0.15, 0.2) is 35.7 Å². The van der Waals surface area contributed by atoms with Gasteiger partial charge in [-0.3, -0.25) is 4.79 Å². The number of amides is 1. The molecule has 2 rings (SSSR count). The fourth-order valence-corrected chi connectivity index (χ4v) is 3.16. The Morgan fingerprint density at radius 1 is 1.32 bits per heavy atom. The van der Waals surface area contributed by atoms with Crippen molar-refractivity contribution in [1.29, 1.82) is 0 Å². The minimum Gasteiger partial charge on any atom is -0.396 e. The molecule has 1 unspecified atom stereocenters. The lowest BCUT2D eigenvalue weighted by Gasteiger charge is -2.27. The second kappa shape index (κ2) is 7.51. The number of hydrogen-bond donors (Lipinski definition) is 1. The van der Waals surface area contributed by atoms with Gasteiger partial charge >= 0.3 is 0 Å². The van der Waals surface area contributed by atoms with E-state index in [1.807, 2.05) is 35.7 Å². The topological polar surface area (TPSA) is 53.4 Å². The fraction of sp³-hybridized carbons (Fsp3) is 0.412. The first kappa shape index (κ1) is 16.6. The lowest BCUT2D eigenvalue weighted by molar-refractivity contribution is 0.0700. The number of thiazole rings is 1. The van der Waals surface area contributed by atoms with Crippen molar-refractivity contribution in [2.24, 2.45) is 0 Å². The van der Waals surface area contributed by atoms with Gasteiger partial charge in [-0.25, -0.2) is 4.98 Å². The van der Waals surface area contributed by atoms with E-state index in [9.17, 15) is 9.90 Å². The van der Waals surface area contributed by atoms with Crippen LogP contribution in [0.4, 0.5) is 0 Å². The summed E-state index contributed by atoms with van der Waals surface area (Å²) in [4.78, 5) is 18.8. The lowest BCUT2D eigenvalue weighted by Crippen LogP contribution is -2.32. The van der Waals surface area contributed by atoms with Crippen LogP contribution in [0.1, 0.15) is 53.3 Å². The standard InChI is InChI=1S/C17H22N2O2S/c1-12(2)16-18-14(11-22-16)17(21)19(3)15(9-10-20)13-7-5-4-6-8-13/h4-8,11-12,15,20H,9-10H2,1-3H3. The molecular weight excluding hydrogens is 296 g/mol. The zero-order chi connectivity index (χ0) is 16.1. The zero-order valence-corrected chi connectivity index (χ0v) is 14.0. The highest BCUT2D eigenvalue weighted by Crippen LogP contribution is 2.26. The van der Waals surface area contributed by atoms with Crippen LogP contribution in [0.2, 0.25) is 0 Å². The molecular formula is C17H22N2O2S. The van der Waals surface area contributed by atoms with E-state index in [0.29, 0.717) is 18.0 Å². The van der Waals surface area contributed by atoms with E-state index in [4.69, 9.17) is 0 Å². The predicted octanol–water partition coefficient (Wildman–Crippen LogP) is 3.46. The van der Waals surface area contributed by atoms with Gasteiger partial charge in [0.15, 0.2) is 0 Å². The van der Waals surface area contributed by atoms with Gasteiger partial charge in [-0.2, -0.15) is 0 Å². The Morgan fingerprint density at radius 3 is 2.55 bits per heavy atom. The minimum atomic E-state index is -0.150. The average Bonchev–Trinajstić information content (AvgIpc) is 3.02. The van der Waals surface area contributed by atoms with Crippen LogP contribution in [0.3, 0.4) is 0 Å². The van der Waals surface area contributed by atoms with E-state index in [-0.39, 0.29) is 18.6 Å². The fourth-order valence-electron chi connectivity index (χ4n) is 2.35. The highest BCUT2D eigenvalue weighted by Gasteiger charge is 2.24. The number of rotatable bonds is 6. The molecule has 0 saturated carbocycles. The number of hydrogen-bond acceptors (Lipinski definition) is 4. The molecule has 4 nitrogen and oxygen atoms in total. The second-order valence-corrected chi connectivity index (χ2v) is 6.47. The highest BCUT2D eigenvalue weighted by atomic mass is 32.1. The molecule has 0 saturated heterocycles. The predicted molar refractivity (Wildman–Crippen MR) is 89.2 cm³/mol. The van der Waals surface area contributed by atoms with E-state index >= 15 is 0 Å². The van der Waals surface area contributed by atoms with Crippen molar-refractivity contribution < 1.29 is 9.90 Å². The monoisotopic (exact) mass is 318 g/mol. The number of carbonyl (C=O) groups excluding carboxylic acids is 1. The summed E-state index contributed by atoms with van der Waals surface area (Å²) in [5, 5.41) is 12.1. The van der Waals surface area contributed by atoms with Gasteiger partial charge in [0, 0.05) is 25.0 Å². The Bertz CT molecular complexity index is 610. The molecule has 0 bridgehead atoms. The first-order valence-corrected chi connectivity index (χ1v) is 8.31. The quantitative estimate of drug-likeness (QED) is 0.887. The van der Waals surface area contributed by atoms with Crippen LogP contribution < -0.4 is 0 Å².